The van der Waals surface area contributed by atoms with Gasteiger partial charge in [0.2, 0.25) is 17.7 Å². The van der Waals surface area contributed by atoms with Gasteiger partial charge in [-0.3, -0.25) is 4.98 Å². The van der Waals surface area contributed by atoms with Crippen LogP contribution in [0.15, 0.2) is 30.6 Å². The lowest BCUT2D eigenvalue weighted by Gasteiger charge is -2.20. The summed E-state index contributed by atoms with van der Waals surface area (Å²) in [6.07, 6.45) is 5.11. The van der Waals surface area contributed by atoms with E-state index >= 15 is 0 Å². The number of ether oxygens (including phenoxy) is 2. The lowest BCUT2D eigenvalue weighted by molar-refractivity contribution is 0.371. The second-order valence-corrected chi connectivity index (χ2v) is 6.21. The number of hydrogen-bond donors (Lipinski definition) is 0. The Morgan fingerprint density at radius 1 is 1.04 bits per heavy atom. The van der Waals surface area contributed by atoms with E-state index in [-0.39, 0.29) is 0 Å². The summed E-state index contributed by atoms with van der Waals surface area (Å²) in [5, 5.41) is 8.77. The molecular formula is C18H21N7O2. The van der Waals surface area contributed by atoms with E-state index < -0.39 is 0 Å². The van der Waals surface area contributed by atoms with E-state index in [4.69, 9.17) is 9.47 Å². The topological polar surface area (TPSA) is 91.1 Å². The van der Waals surface area contributed by atoms with Crippen LogP contribution in [0.3, 0.4) is 0 Å². The third-order valence-corrected chi connectivity index (χ3v) is 4.56. The van der Waals surface area contributed by atoms with Crippen LogP contribution in [-0.2, 0) is 19.4 Å². The third kappa shape index (κ3) is 3.67. The van der Waals surface area contributed by atoms with Gasteiger partial charge in [0, 0.05) is 44.9 Å². The zero-order valence-corrected chi connectivity index (χ0v) is 15.4. The van der Waals surface area contributed by atoms with Gasteiger partial charge in [-0.1, -0.05) is 6.07 Å². The number of pyridine rings is 1. The summed E-state index contributed by atoms with van der Waals surface area (Å²) in [6.45, 7) is 2.27. The molecule has 9 nitrogen and oxygen atoms in total. The molecule has 27 heavy (non-hydrogen) atoms. The monoisotopic (exact) mass is 367 g/mol. The van der Waals surface area contributed by atoms with Gasteiger partial charge in [-0.05, 0) is 11.6 Å². The smallest absolute Gasteiger partial charge is 0.232 e. The normalized spacial score (nSPS) is 13.8. The average Bonchev–Trinajstić information content (AvgIpc) is 2.96. The molecule has 4 rings (SSSR count). The summed E-state index contributed by atoms with van der Waals surface area (Å²) < 4.78 is 12.7. The number of fused-ring (bicyclic) bond motifs is 1. The summed E-state index contributed by atoms with van der Waals surface area (Å²) in [7, 11) is 3.17. The van der Waals surface area contributed by atoms with Crippen LogP contribution in [0.2, 0.25) is 0 Å². The Kier molecular flexibility index (Phi) is 4.82. The van der Waals surface area contributed by atoms with Crippen molar-refractivity contribution in [2.24, 2.45) is 0 Å². The first-order valence-corrected chi connectivity index (χ1v) is 8.78. The van der Waals surface area contributed by atoms with Gasteiger partial charge in [0.15, 0.2) is 0 Å². The number of methoxy groups -OCH3 is 2. The standard InChI is InChI=1S/C18H21N7O2/c1-26-16-11-17(27-2)21-18(20-16)24-7-5-14-22-23-15(25(14)9-8-24)10-13-4-3-6-19-12-13/h3-4,6,11-12H,5,7-10H2,1-2H3. The minimum atomic E-state index is 0.484. The third-order valence-electron chi connectivity index (χ3n) is 4.56. The second kappa shape index (κ2) is 7.56. The Hall–Kier alpha value is -3.23. The first kappa shape index (κ1) is 17.2. The largest absolute Gasteiger partial charge is 0.481 e. The lowest BCUT2D eigenvalue weighted by atomic mass is 10.2. The molecule has 0 bridgehead atoms. The van der Waals surface area contributed by atoms with Crippen molar-refractivity contribution in [3.05, 3.63) is 47.8 Å². The summed E-state index contributed by atoms with van der Waals surface area (Å²) in [5.41, 5.74) is 1.12. The van der Waals surface area contributed by atoms with Gasteiger partial charge < -0.3 is 18.9 Å². The van der Waals surface area contributed by atoms with E-state index in [1.54, 1.807) is 26.5 Å². The highest BCUT2D eigenvalue weighted by molar-refractivity contribution is 5.37. The van der Waals surface area contributed by atoms with Gasteiger partial charge in [-0.2, -0.15) is 9.97 Å². The minimum absolute atomic E-state index is 0.484. The fourth-order valence-corrected chi connectivity index (χ4v) is 3.14. The number of anilines is 1. The van der Waals surface area contributed by atoms with Crippen LogP contribution in [0.25, 0.3) is 0 Å². The van der Waals surface area contributed by atoms with Gasteiger partial charge >= 0.3 is 0 Å². The highest BCUT2D eigenvalue weighted by Gasteiger charge is 2.21. The van der Waals surface area contributed by atoms with Crippen molar-refractivity contribution in [3.63, 3.8) is 0 Å². The van der Waals surface area contributed by atoms with E-state index in [1.807, 2.05) is 18.3 Å². The Balaban J connectivity index is 1.54. The molecule has 0 saturated carbocycles. The molecule has 4 heterocycles. The highest BCUT2D eigenvalue weighted by Crippen LogP contribution is 2.22. The van der Waals surface area contributed by atoms with E-state index in [1.165, 1.54) is 0 Å². The number of rotatable bonds is 5. The first-order chi connectivity index (χ1) is 13.3. The number of aromatic nitrogens is 6. The van der Waals surface area contributed by atoms with Gasteiger partial charge in [-0.25, -0.2) is 0 Å². The quantitative estimate of drug-likeness (QED) is 0.663. The maximum Gasteiger partial charge on any atom is 0.232 e. The molecule has 0 aromatic carbocycles. The van der Waals surface area contributed by atoms with Crippen LogP contribution in [0.5, 0.6) is 11.8 Å². The fraction of sp³-hybridized carbons (Fsp3) is 0.389. The van der Waals surface area contributed by atoms with E-state index in [9.17, 15) is 0 Å². The van der Waals surface area contributed by atoms with Crippen molar-refractivity contribution >= 4 is 5.95 Å². The molecule has 0 N–H and O–H groups in total. The second-order valence-electron chi connectivity index (χ2n) is 6.21. The predicted molar refractivity (Wildman–Crippen MR) is 98.1 cm³/mol. The Morgan fingerprint density at radius 2 is 1.85 bits per heavy atom. The molecule has 9 heteroatoms. The van der Waals surface area contributed by atoms with E-state index in [0.29, 0.717) is 24.1 Å². The molecular weight excluding hydrogens is 346 g/mol. The van der Waals surface area contributed by atoms with Crippen molar-refractivity contribution in [1.29, 1.82) is 0 Å². The molecule has 0 atom stereocenters. The first-order valence-electron chi connectivity index (χ1n) is 8.78. The van der Waals surface area contributed by atoms with E-state index in [0.717, 1.165) is 43.3 Å². The van der Waals surface area contributed by atoms with Gasteiger partial charge in [0.25, 0.3) is 0 Å². The van der Waals surface area contributed by atoms with Crippen molar-refractivity contribution < 1.29 is 9.47 Å². The van der Waals surface area contributed by atoms with Crippen molar-refractivity contribution in [3.8, 4) is 11.8 Å². The molecule has 3 aromatic heterocycles. The maximum absolute atomic E-state index is 5.26. The molecule has 0 radical (unpaired) electrons. The van der Waals surface area contributed by atoms with Crippen LogP contribution in [0.1, 0.15) is 17.2 Å². The Labute approximate surface area is 157 Å². The van der Waals surface area contributed by atoms with Gasteiger partial charge in [0.05, 0.1) is 20.3 Å². The zero-order valence-electron chi connectivity index (χ0n) is 15.4. The van der Waals surface area contributed by atoms with Crippen LogP contribution in [0, 0.1) is 0 Å². The maximum atomic E-state index is 5.26. The summed E-state index contributed by atoms with van der Waals surface area (Å²) >= 11 is 0. The minimum Gasteiger partial charge on any atom is -0.481 e. The molecule has 140 valence electrons. The molecule has 0 amide bonds. The summed E-state index contributed by atoms with van der Waals surface area (Å²) in [4.78, 5) is 15.2. The Morgan fingerprint density at radius 3 is 2.56 bits per heavy atom. The van der Waals surface area contributed by atoms with Gasteiger partial charge in [-0.15, -0.1) is 10.2 Å². The van der Waals surface area contributed by atoms with E-state index in [2.05, 4.69) is 34.6 Å². The van der Waals surface area contributed by atoms with Crippen molar-refractivity contribution in [2.45, 2.75) is 19.4 Å². The fourth-order valence-electron chi connectivity index (χ4n) is 3.14. The molecule has 1 aliphatic heterocycles. The van der Waals surface area contributed by atoms with Crippen LogP contribution >= 0.6 is 0 Å². The van der Waals surface area contributed by atoms with Crippen LogP contribution in [-0.4, -0.2) is 57.0 Å². The molecule has 0 unspecified atom stereocenters. The van der Waals surface area contributed by atoms with Crippen LogP contribution < -0.4 is 14.4 Å². The molecule has 3 aromatic rings. The lowest BCUT2D eigenvalue weighted by Crippen LogP contribution is -2.29. The van der Waals surface area contributed by atoms with Crippen molar-refractivity contribution in [1.82, 2.24) is 29.7 Å². The number of nitrogens with zero attached hydrogens (tertiary/aromatic N) is 7. The average molecular weight is 367 g/mol. The predicted octanol–water partition coefficient (Wildman–Crippen LogP) is 1.13. The molecule has 0 fully saturated rings. The summed E-state index contributed by atoms with van der Waals surface area (Å²) in [5.74, 6) is 3.49. The van der Waals surface area contributed by atoms with Crippen LogP contribution in [0.4, 0.5) is 5.95 Å². The molecule has 0 aliphatic carbocycles. The number of hydrogen-bond acceptors (Lipinski definition) is 8. The molecule has 0 spiro atoms. The summed E-state index contributed by atoms with van der Waals surface area (Å²) in [6, 6.07) is 5.65. The Bertz CT molecular complexity index is 891. The molecule has 0 saturated heterocycles. The van der Waals surface area contributed by atoms with Crippen molar-refractivity contribution in [2.75, 3.05) is 32.2 Å². The zero-order chi connectivity index (χ0) is 18.6. The molecule has 1 aliphatic rings. The van der Waals surface area contributed by atoms with Gasteiger partial charge in [0.1, 0.15) is 11.6 Å². The SMILES string of the molecule is COc1cc(OC)nc(N2CCc3nnc(Cc4cccnc4)n3CC2)n1. The highest BCUT2D eigenvalue weighted by atomic mass is 16.5.